The van der Waals surface area contributed by atoms with E-state index in [4.69, 9.17) is 4.74 Å². The molecule has 0 aliphatic carbocycles. The lowest BCUT2D eigenvalue weighted by atomic mass is 9.93. The molecular formula is C18H19NO. The minimum absolute atomic E-state index is 0.221. The Morgan fingerprint density at radius 1 is 1.00 bits per heavy atom. The van der Waals surface area contributed by atoms with E-state index in [2.05, 4.69) is 13.0 Å². The summed E-state index contributed by atoms with van der Waals surface area (Å²) in [5, 5.41) is 9.39. The van der Waals surface area contributed by atoms with Gasteiger partial charge in [0.15, 0.2) is 0 Å². The van der Waals surface area contributed by atoms with Crippen molar-refractivity contribution in [1.82, 2.24) is 0 Å². The van der Waals surface area contributed by atoms with Crippen LogP contribution in [-0.2, 0) is 0 Å². The van der Waals surface area contributed by atoms with E-state index in [1.807, 2.05) is 54.6 Å². The minimum Gasteiger partial charge on any atom is -0.494 e. The van der Waals surface area contributed by atoms with Gasteiger partial charge in [0.1, 0.15) is 5.75 Å². The van der Waals surface area contributed by atoms with E-state index < -0.39 is 0 Å². The van der Waals surface area contributed by atoms with Gasteiger partial charge in [-0.15, -0.1) is 0 Å². The maximum absolute atomic E-state index is 9.39. The summed E-state index contributed by atoms with van der Waals surface area (Å²) in [5.74, 6) is 0.646. The molecule has 2 heteroatoms. The molecule has 0 saturated heterocycles. The van der Waals surface area contributed by atoms with Gasteiger partial charge in [-0.1, -0.05) is 55.8 Å². The monoisotopic (exact) mass is 265 g/mol. The van der Waals surface area contributed by atoms with Crippen LogP contribution in [0.2, 0.25) is 0 Å². The third kappa shape index (κ3) is 3.61. The van der Waals surface area contributed by atoms with Crippen LogP contribution in [0.4, 0.5) is 0 Å². The molecule has 0 saturated carbocycles. The molecule has 0 N–H and O–H groups in total. The molecule has 0 aliphatic heterocycles. The predicted octanol–water partition coefficient (Wildman–Crippen LogP) is 4.52. The van der Waals surface area contributed by atoms with Crippen LogP contribution in [0.3, 0.4) is 0 Å². The molecule has 0 spiro atoms. The van der Waals surface area contributed by atoms with Gasteiger partial charge in [0.2, 0.25) is 0 Å². The van der Waals surface area contributed by atoms with Gasteiger partial charge in [-0.05, 0) is 29.7 Å². The van der Waals surface area contributed by atoms with E-state index in [-0.39, 0.29) is 5.92 Å². The first kappa shape index (κ1) is 14.1. The van der Waals surface area contributed by atoms with Crippen LogP contribution in [0.25, 0.3) is 0 Å². The number of unbranched alkanes of at least 4 members (excludes halogenated alkanes) is 1. The molecule has 0 bridgehead atoms. The molecule has 102 valence electrons. The molecular weight excluding hydrogens is 246 g/mol. The van der Waals surface area contributed by atoms with E-state index in [0.717, 1.165) is 36.3 Å². The van der Waals surface area contributed by atoms with E-state index in [1.54, 1.807) is 0 Å². The number of benzene rings is 2. The highest BCUT2D eigenvalue weighted by Crippen LogP contribution is 2.25. The Labute approximate surface area is 120 Å². The molecule has 2 nitrogen and oxygen atoms in total. The van der Waals surface area contributed by atoms with Crippen molar-refractivity contribution >= 4 is 0 Å². The van der Waals surface area contributed by atoms with Crippen LogP contribution >= 0.6 is 0 Å². The van der Waals surface area contributed by atoms with Crippen molar-refractivity contribution in [1.29, 1.82) is 5.26 Å². The Morgan fingerprint density at radius 3 is 2.25 bits per heavy atom. The zero-order valence-electron chi connectivity index (χ0n) is 11.8. The summed E-state index contributed by atoms with van der Waals surface area (Å²) in [7, 11) is 0. The van der Waals surface area contributed by atoms with Crippen molar-refractivity contribution in [2.75, 3.05) is 6.61 Å². The third-order valence-electron chi connectivity index (χ3n) is 3.24. The summed E-state index contributed by atoms with van der Waals surface area (Å²) in [5.41, 5.74) is 2.02. The van der Waals surface area contributed by atoms with Gasteiger partial charge in [-0.3, -0.25) is 0 Å². The molecule has 0 fully saturated rings. The summed E-state index contributed by atoms with van der Waals surface area (Å²) in [6, 6.07) is 20.1. The highest BCUT2D eigenvalue weighted by Gasteiger charge is 2.12. The normalized spacial score (nSPS) is 11.6. The fraction of sp³-hybridized carbons (Fsp3) is 0.278. The highest BCUT2D eigenvalue weighted by atomic mass is 16.5. The second-order valence-corrected chi connectivity index (χ2v) is 4.74. The van der Waals surface area contributed by atoms with Gasteiger partial charge in [-0.2, -0.15) is 5.26 Å². The molecule has 20 heavy (non-hydrogen) atoms. The summed E-state index contributed by atoms with van der Waals surface area (Å²) >= 11 is 0. The molecule has 0 heterocycles. The zero-order valence-corrected chi connectivity index (χ0v) is 11.8. The molecule has 0 aliphatic rings. The van der Waals surface area contributed by atoms with E-state index >= 15 is 0 Å². The minimum atomic E-state index is -0.221. The van der Waals surface area contributed by atoms with Crippen LogP contribution in [-0.4, -0.2) is 6.61 Å². The van der Waals surface area contributed by atoms with Crippen LogP contribution in [0.5, 0.6) is 5.75 Å². The van der Waals surface area contributed by atoms with Crippen molar-refractivity contribution in [3.05, 3.63) is 65.7 Å². The smallest absolute Gasteiger partial charge is 0.119 e. The van der Waals surface area contributed by atoms with Crippen molar-refractivity contribution in [3.8, 4) is 11.8 Å². The largest absolute Gasteiger partial charge is 0.494 e. The van der Waals surface area contributed by atoms with E-state index in [1.165, 1.54) is 0 Å². The molecule has 1 atom stereocenters. The fourth-order valence-corrected chi connectivity index (χ4v) is 2.08. The molecule has 0 aromatic heterocycles. The Morgan fingerprint density at radius 2 is 1.65 bits per heavy atom. The van der Waals surface area contributed by atoms with Gasteiger partial charge < -0.3 is 4.74 Å². The number of nitrogens with zero attached hydrogens (tertiary/aromatic N) is 1. The van der Waals surface area contributed by atoms with E-state index in [9.17, 15) is 5.26 Å². The molecule has 1 unspecified atom stereocenters. The quantitative estimate of drug-likeness (QED) is 0.719. The molecule has 2 aromatic carbocycles. The van der Waals surface area contributed by atoms with Crippen LogP contribution in [0.1, 0.15) is 36.8 Å². The summed E-state index contributed by atoms with van der Waals surface area (Å²) in [4.78, 5) is 0. The highest BCUT2D eigenvalue weighted by molar-refractivity contribution is 5.40. The first-order valence-corrected chi connectivity index (χ1v) is 7.02. The Balaban J connectivity index is 2.10. The maximum Gasteiger partial charge on any atom is 0.119 e. The average Bonchev–Trinajstić information content (AvgIpc) is 2.51. The molecule has 0 radical (unpaired) electrons. The lowest BCUT2D eigenvalue weighted by Crippen LogP contribution is -1.99. The summed E-state index contributed by atoms with van der Waals surface area (Å²) in [6.45, 7) is 2.89. The van der Waals surface area contributed by atoms with Crippen molar-refractivity contribution in [2.24, 2.45) is 0 Å². The van der Waals surface area contributed by atoms with Crippen LogP contribution in [0.15, 0.2) is 54.6 Å². The second kappa shape index (κ2) is 7.35. The zero-order chi connectivity index (χ0) is 14.2. The predicted molar refractivity (Wildman–Crippen MR) is 80.7 cm³/mol. The SMILES string of the molecule is CCCCOc1ccc(C(C#N)c2ccccc2)cc1. The fourth-order valence-electron chi connectivity index (χ4n) is 2.08. The molecule has 2 aromatic rings. The topological polar surface area (TPSA) is 33.0 Å². The Bertz CT molecular complexity index is 554. The van der Waals surface area contributed by atoms with Gasteiger partial charge in [0.05, 0.1) is 18.6 Å². The first-order chi connectivity index (χ1) is 9.85. The second-order valence-electron chi connectivity index (χ2n) is 4.74. The van der Waals surface area contributed by atoms with Gasteiger partial charge in [0, 0.05) is 0 Å². The average molecular weight is 265 g/mol. The lowest BCUT2D eigenvalue weighted by Gasteiger charge is -2.11. The Kier molecular flexibility index (Phi) is 5.20. The number of hydrogen-bond acceptors (Lipinski definition) is 2. The van der Waals surface area contributed by atoms with Gasteiger partial charge in [-0.25, -0.2) is 0 Å². The van der Waals surface area contributed by atoms with Crippen molar-refractivity contribution in [3.63, 3.8) is 0 Å². The molecule has 0 amide bonds. The summed E-state index contributed by atoms with van der Waals surface area (Å²) in [6.07, 6.45) is 2.19. The van der Waals surface area contributed by atoms with E-state index in [0.29, 0.717) is 0 Å². The first-order valence-electron chi connectivity index (χ1n) is 7.02. The number of nitriles is 1. The third-order valence-corrected chi connectivity index (χ3v) is 3.24. The standard InChI is InChI=1S/C18H19NO/c1-2-3-13-20-17-11-9-16(10-12-17)18(14-19)15-7-5-4-6-8-15/h4-12,18H,2-3,13H2,1H3. The van der Waals surface area contributed by atoms with Gasteiger partial charge >= 0.3 is 0 Å². The molecule has 2 rings (SSSR count). The Hall–Kier alpha value is -2.27. The van der Waals surface area contributed by atoms with Crippen molar-refractivity contribution in [2.45, 2.75) is 25.7 Å². The maximum atomic E-state index is 9.39. The van der Waals surface area contributed by atoms with Crippen molar-refractivity contribution < 1.29 is 4.74 Å². The summed E-state index contributed by atoms with van der Waals surface area (Å²) < 4.78 is 5.64. The van der Waals surface area contributed by atoms with Crippen LogP contribution < -0.4 is 4.74 Å². The van der Waals surface area contributed by atoms with Gasteiger partial charge in [0.25, 0.3) is 0 Å². The lowest BCUT2D eigenvalue weighted by molar-refractivity contribution is 0.309. The number of hydrogen-bond donors (Lipinski definition) is 0. The van der Waals surface area contributed by atoms with Crippen LogP contribution in [0, 0.1) is 11.3 Å². The number of ether oxygens (including phenoxy) is 1. The number of rotatable bonds is 6.